The average Bonchev–Trinajstić information content (AvgIpc) is 3.45. The summed E-state index contributed by atoms with van der Waals surface area (Å²) < 4.78 is 3.81. The van der Waals surface area contributed by atoms with E-state index >= 15 is 0 Å². The molecule has 31 heavy (non-hydrogen) atoms. The Morgan fingerprint density at radius 3 is 1.16 bits per heavy atom. The van der Waals surface area contributed by atoms with Gasteiger partial charge < -0.3 is 0 Å². The molecule has 0 spiro atoms. The third-order valence-corrected chi connectivity index (χ3v) is 4.87. The van der Waals surface area contributed by atoms with Gasteiger partial charge in [0.05, 0.1) is 22.4 Å². The van der Waals surface area contributed by atoms with Crippen molar-refractivity contribution in [2.45, 2.75) is 0 Å². The Labute approximate surface area is 194 Å². The molecule has 0 amide bonds. The molecule has 0 aliphatic rings. The Kier molecular flexibility index (Phi) is 6.37. The number of benzene rings is 4. The van der Waals surface area contributed by atoms with Crippen molar-refractivity contribution in [1.29, 1.82) is 0 Å². The van der Waals surface area contributed by atoms with E-state index in [2.05, 4.69) is 22.3 Å². The van der Waals surface area contributed by atoms with Crippen molar-refractivity contribution in [2.24, 2.45) is 0 Å². The molecule has 0 aliphatic carbocycles. The van der Waals surface area contributed by atoms with E-state index in [0.29, 0.717) is 0 Å². The molecule has 2 heterocycles. The normalized spacial score (nSPS) is 10.3. The summed E-state index contributed by atoms with van der Waals surface area (Å²) >= 11 is 0. The van der Waals surface area contributed by atoms with Gasteiger partial charge in [0.2, 0.25) is 0 Å². The Hall–Kier alpha value is -3.53. The first-order chi connectivity index (χ1) is 14.9. The summed E-state index contributed by atoms with van der Waals surface area (Å²) in [4.78, 5) is 0. The third kappa shape index (κ3) is 4.64. The van der Waals surface area contributed by atoms with Crippen LogP contribution in [-0.2, 0) is 20.1 Å². The molecule has 5 heteroatoms. The number of hydrogen-bond donors (Lipinski definition) is 0. The van der Waals surface area contributed by atoms with Crippen LogP contribution >= 0.6 is 0 Å². The van der Waals surface area contributed by atoms with Gasteiger partial charge in [0.15, 0.2) is 0 Å². The first-order valence-electron chi connectivity index (χ1n) is 9.86. The van der Waals surface area contributed by atoms with Crippen molar-refractivity contribution >= 4 is 21.8 Å². The van der Waals surface area contributed by atoms with Crippen molar-refractivity contribution in [3.8, 4) is 11.4 Å². The second kappa shape index (κ2) is 9.52. The van der Waals surface area contributed by atoms with Crippen LogP contribution in [0.2, 0.25) is 0 Å². The number of para-hydroxylation sites is 2. The molecule has 2 aromatic heterocycles. The Morgan fingerprint density at radius 1 is 0.419 bits per heavy atom. The van der Waals surface area contributed by atoms with E-state index in [-0.39, 0.29) is 20.1 Å². The van der Waals surface area contributed by atoms with Crippen LogP contribution in [0.4, 0.5) is 0 Å². The SMILES string of the molecule is [Ir].c1ccc(-n2cc3ccccc3n2)cc1.c1ccc(-n2cc3ccccc3n2)cc1. The number of fused-ring (bicyclic) bond motifs is 2. The van der Waals surface area contributed by atoms with Gasteiger partial charge in [0, 0.05) is 43.3 Å². The van der Waals surface area contributed by atoms with Crippen LogP contribution in [0.5, 0.6) is 0 Å². The standard InChI is InChI=1S/2C13H10N2.Ir/c2*1-2-7-12(8-3-1)15-10-11-6-4-5-9-13(11)14-15;/h2*1-10H;. The van der Waals surface area contributed by atoms with Crippen molar-refractivity contribution < 1.29 is 20.1 Å². The first kappa shape index (κ1) is 20.7. The number of hydrogen-bond acceptors (Lipinski definition) is 2. The van der Waals surface area contributed by atoms with Gasteiger partial charge in [-0.2, -0.15) is 10.2 Å². The second-order valence-corrected chi connectivity index (χ2v) is 6.94. The molecule has 6 rings (SSSR count). The molecule has 0 unspecified atom stereocenters. The third-order valence-electron chi connectivity index (χ3n) is 4.87. The van der Waals surface area contributed by atoms with Crippen molar-refractivity contribution in [2.75, 3.05) is 0 Å². The summed E-state index contributed by atoms with van der Waals surface area (Å²) in [6.45, 7) is 0. The van der Waals surface area contributed by atoms with Gasteiger partial charge in [-0.05, 0) is 36.4 Å². The predicted molar refractivity (Wildman–Crippen MR) is 122 cm³/mol. The summed E-state index contributed by atoms with van der Waals surface area (Å²) in [5, 5.41) is 11.3. The van der Waals surface area contributed by atoms with E-state index < -0.39 is 0 Å². The topological polar surface area (TPSA) is 35.6 Å². The Morgan fingerprint density at radius 2 is 0.774 bits per heavy atom. The summed E-state index contributed by atoms with van der Waals surface area (Å²) in [6.07, 6.45) is 4.09. The van der Waals surface area contributed by atoms with E-state index in [4.69, 9.17) is 0 Å². The molecule has 4 nitrogen and oxygen atoms in total. The maximum absolute atomic E-state index is 4.50. The van der Waals surface area contributed by atoms with Crippen molar-refractivity contribution in [3.63, 3.8) is 0 Å². The fourth-order valence-corrected chi connectivity index (χ4v) is 3.35. The van der Waals surface area contributed by atoms with E-state index in [1.54, 1.807) is 0 Å². The first-order valence-corrected chi connectivity index (χ1v) is 9.86. The van der Waals surface area contributed by atoms with Gasteiger partial charge in [-0.1, -0.05) is 72.8 Å². The molecule has 0 saturated carbocycles. The van der Waals surface area contributed by atoms with E-state index in [0.717, 1.165) is 22.4 Å². The van der Waals surface area contributed by atoms with E-state index in [1.165, 1.54) is 10.8 Å². The quantitative estimate of drug-likeness (QED) is 0.250. The molecule has 6 aromatic rings. The van der Waals surface area contributed by atoms with Crippen molar-refractivity contribution in [3.05, 3.63) is 122 Å². The molecular formula is C26H20IrN4. The Balaban J connectivity index is 0.000000144. The second-order valence-electron chi connectivity index (χ2n) is 6.94. The Bertz CT molecular complexity index is 1210. The molecule has 0 N–H and O–H groups in total. The number of rotatable bonds is 2. The smallest absolute Gasteiger partial charge is 0.0927 e. The van der Waals surface area contributed by atoms with Gasteiger partial charge in [-0.25, -0.2) is 9.36 Å². The van der Waals surface area contributed by atoms with Gasteiger partial charge in [0.1, 0.15) is 0 Å². The molecule has 0 aliphatic heterocycles. The van der Waals surface area contributed by atoms with Crippen LogP contribution in [0.25, 0.3) is 33.2 Å². The maximum Gasteiger partial charge on any atom is 0.0927 e. The van der Waals surface area contributed by atoms with Crippen LogP contribution in [-0.4, -0.2) is 19.6 Å². The fourth-order valence-electron chi connectivity index (χ4n) is 3.35. The molecule has 153 valence electrons. The van der Waals surface area contributed by atoms with Gasteiger partial charge in [-0.15, -0.1) is 0 Å². The van der Waals surface area contributed by atoms with Gasteiger partial charge >= 0.3 is 0 Å². The molecule has 1 radical (unpaired) electrons. The molecule has 0 bridgehead atoms. The van der Waals surface area contributed by atoms with E-state index in [9.17, 15) is 0 Å². The minimum absolute atomic E-state index is 0. The maximum atomic E-state index is 4.50. The average molecular weight is 581 g/mol. The molecule has 0 saturated heterocycles. The zero-order chi connectivity index (χ0) is 20.2. The zero-order valence-corrected chi connectivity index (χ0v) is 19.1. The monoisotopic (exact) mass is 581 g/mol. The summed E-state index contributed by atoms with van der Waals surface area (Å²) in [5.41, 5.74) is 4.24. The fraction of sp³-hybridized carbons (Fsp3) is 0. The number of nitrogens with zero attached hydrogens (tertiary/aromatic N) is 4. The minimum atomic E-state index is 0. The predicted octanol–water partition coefficient (Wildman–Crippen LogP) is 6.05. The van der Waals surface area contributed by atoms with Gasteiger partial charge in [-0.3, -0.25) is 0 Å². The molecule has 4 aromatic carbocycles. The summed E-state index contributed by atoms with van der Waals surface area (Å²) in [5.74, 6) is 0. The molecule has 0 atom stereocenters. The van der Waals surface area contributed by atoms with Crippen LogP contribution in [0, 0.1) is 0 Å². The summed E-state index contributed by atoms with van der Waals surface area (Å²) in [7, 11) is 0. The van der Waals surface area contributed by atoms with Crippen LogP contribution in [0.15, 0.2) is 122 Å². The molecular weight excluding hydrogens is 561 g/mol. The van der Waals surface area contributed by atoms with Crippen molar-refractivity contribution in [1.82, 2.24) is 19.6 Å². The van der Waals surface area contributed by atoms with Crippen LogP contribution in [0.3, 0.4) is 0 Å². The zero-order valence-electron chi connectivity index (χ0n) is 16.7. The van der Waals surface area contributed by atoms with Crippen LogP contribution in [0.1, 0.15) is 0 Å². The van der Waals surface area contributed by atoms with Crippen LogP contribution < -0.4 is 0 Å². The molecule has 0 fully saturated rings. The largest absolute Gasteiger partial charge is 0.240 e. The summed E-state index contributed by atoms with van der Waals surface area (Å²) in [6, 6.07) is 36.5. The van der Waals surface area contributed by atoms with Gasteiger partial charge in [0.25, 0.3) is 0 Å². The number of aromatic nitrogens is 4. The van der Waals surface area contributed by atoms with E-state index in [1.807, 2.05) is 119 Å². The minimum Gasteiger partial charge on any atom is -0.240 e.